The van der Waals surface area contributed by atoms with Crippen molar-refractivity contribution in [1.82, 2.24) is 10.3 Å². The van der Waals surface area contributed by atoms with Crippen LogP contribution in [-0.4, -0.2) is 17.4 Å². The van der Waals surface area contributed by atoms with Crippen molar-refractivity contribution in [1.29, 1.82) is 0 Å². The molecule has 1 amide bonds. The van der Waals surface area contributed by atoms with Crippen LogP contribution in [0.2, 0.25) is 0 Å². The van der Waals surface area contributed by atoms with Gasteiger partial charge < -0.3 is 11.1 Å². The van der Waals surface area contributed by atoms with E-state index in [0.717, 1.165) is 11.4 Å². The fourth-order valence-electron chi connectivity index (χ4n) is 1.69. The minimum Gasteiger partial charge on any atom is -0.350 e. The number of pyridine rings is 1. The normalized spacial score (nSPS) is 12.5. The smallest absolute Gasteiger partial charge is 0.224 e. The number of amides is 1. The molecule has 1 rings (SSSR count). The third kappa shape index (κ3) is 4.15. The molecular formula is C13H21N3O. The van der Waals surface area contributed by atoms with E-state index < -0.39 is 0 Å². The SMILES string of the molecule is Cc1cccc(CNC(=O)C(CN)C(C)C)n1. The second-order valence-electron chi connectivity index (χ2n) is 4.57. The quantitative estimate of drug-likeness (QED) is 0.806. The van der Waals surface area contributed by atoms with Crippen LogP contribution >= 0.6 is 0 Å². The molecule has 0 aliphatic carbocycles. The first-order chi connectivity index (χ1) is 8.04. The van der Waals surface area contributed by atoms with Gasteiger partial charge in [-0.1, -0.05) is 19.9 Å². The molecule has 0 bridgehead atoms. The average Bonchev–Trinajstić information content (AvgIpc) is 2.27. The van der Waals surface area contributed by atoms with Gasteiger partial charge in [-0.15, -0.1) is 0 Å². The van der Waals surface area contributed by atoms with Crippen LogP contribution in [-0.2, 0) is 11.3 Å². The lowest BCUT2D eigenvalue weighted by Gasteiger charge is -2.18. The third-order valence-electron chi connectivity index (χ3n) is 2.79. The summed E-state index contributed by atoms with van der Waals surface area (Å²) in [5.74, 6) is 0.135. The minimum absolute atomic E-state index is 0.00538. The second-order valence-corrected chi connectivity index (χ2v) is 4.57. The Morgan fingerprint density at radius 2 is 2.18 bits per heavy atom. The summed E-state index contributed by atoms with van der Waals surface area (Å²) in [6.45, 7) is 6.78. The standard InChI is InChI=1S/C13H21N3O/c1-9(2)12(7-14)13(17)15-8-11-6-4-5-10(3)16-11/h4-6,9,12H,7-8,14H2,1-3H3,(H,15,17). The second kappa shape index (κ2) is 6.35. The first kappa shape index (κ1) is 13.6. The summed E-state index contributed by atoms with van der Waals surface area (Å²) in [6, 6.07) is 5.77. The first-order valence-corrected chi connectivity index (χ1v) is 5.95. The molecule has 0 radical (unpaired) electrons. The predicted molar refractivity (Wildman–Crippen MR) is 68.2 cm³/mol. The highest BCUT2D eigenvalue weighted by molar-refractivity contribution is 5.79. The Morgan fingerprint density at radius 1 is 1.47 bits per heavy atom. The molecule has 17 heavy (non-hydrogen) atoms. The maximum atomic E-state index is 11.9. The fraction of sp³-hybridized carbons (Fsp3) is 0.538. The molecule has 0 aliphatic heterocycles. The van der Waals surface area contributed by atoms with Crippen molar-refractivity contribution >= 4 is 5.91 Å². The highest BCUT2D eigenvalue weighted by Crippen LogP contribution is 2.09. The highest BCUT2D eigenvalue weighted by Gasteiger charge is 2.19. The Labute approximate surface area is 103 Å². The van der Waals surface area contributed by atoms with Crippen LogP contribution in [0.25, 0.3) is 0 Å². The molecule has 94 valence electrons. The lowest BCUT2D eigenvalue weighted by molar-refractivity contribution is -0.126. The summed E-state index contributed by atoms with van der Waals surface area (Å²) < 4.78 is 0. The van der Waals surface area contributed by atoms with Gasteiger partial charge in [-0.2, -0.15) is 0 Å². The number of nitrogens with two attached hydrogens (primary N) is 1. The zero-order valence-corrected chi connectivity index (χ0v) is 10.7. The molecule has 0 spiro atoms. The van der Waals surface area contributed by atoms with E-state index in [9.17, 15) is 4.79 Å². The molecule has 0 saturated carbocycles. The predicted octanol–water partition coefficient (Wildman–Crippen LogP) is 1.24. The number of nitrogens with zero attached hydrogens (tertiary/aromatic N) is 1. The van der Waals surface area contributed by atoms with Crippen molar-refractivity contribution in [3.05, 3.63) is 29.6 Å². The molecular weight excluding hydrogens is 214 g/mol. The van der Waals surface area contributed by atoms with E-state index in [-0.39, 0.29) is 17.7 Å². The first-order valence-electron chi connectivity index (χ1n) is 5.95. The Hall–Kier alpha value is -1.42. The number of aryl methyl sites for hydroxylation is 1. The Balaban J connectivity index is 2.53. The zero-order chi connectivity index (χ0) is 12.8. The van der Waals surface area contributed by atoms with Crippen LogP contribution < -0.4 is 11.1 Å². The Kier molecular flexibility index (Phi) is 5.10. The summed E-state index contributed by atoms with van der Waals surface area (Å²) in [5, 5.41) is 2.88. The monoisotopic (exact) mass is 235 g/mol. The molecule has 1 aromatic heterocycles. The average molecular weight is 235 g/mol. The largest absolute Gasteiger partial charge is 0.350 e. The molecule has 1 unspecified atom stereocenters. The molecule has 0 saturated heterocycles. The maximum Gasteiger partial charge on any atom is 0.224 e. The number of carbonyl (C=O) groups excluding carboxylic acids is 1. The molecule has 0 aliphatic rings. The summed E-state index contributed by atoms with van der Waals surface area (Å²) in [5.41, 5.74) is 7.42. The van der Waals surface area contributed by atoms with Gasteiger partial charge in [0.15, 0.2) is 0 Å². The van der Waals surface area contributed by atoms with Gasteiger partial charge in [-0.25, -0.2) is 0 Å². The molecule has 1 atom stereocenters. The van der Waals surface area contributed by atoms with Crippen molar-refractivity contribution in [3.8, 4) is 0 Å². The molecule has 1 aromatic rings. The molecule has 0 aromatic carbocycles. The van der Waals surface area contributed by atoms with Gasteiger partial charge in [0, 0.05) is 12.2 Å². The number of nitrogens with one attached hydrogen (secondary N) is 1. The van der Waals surface area contributed by atoms with Crippen LogP contribution in [0.4, 0.5) is 0 Å². The van der Waals surface area contributed by atoms with Crippen LogP contribution in [0.15, 0.2) is 18.2 Å². The summed E-state index contributed by atoms with van der Waals surface area (Å²) >= 11 is 0. The van der Waals surface area contributed by atoms with Crippen molar-refractivity contribution in [3.63, 3.8) is 0 Å². The molecule has 4 nitrogen and oxygen atoms in total. The number of carbonyl (C=O) groups is 1. The number of hydrogen-bond donors (Lipinski definition) is 2. The van der Waals surface area contributed by atoms with Crippen molar-refractivity contribution < 1.29 is 4.79 Å². The van der Waals surface area contributed by atoms with Gasteiger partial charge in [0.05, 0.1) is 18.2 Å². The molecule has 4 heteroatoms. The van der Waals surface area contributed by atoms with Crippen molar-refractivity contribution in [2.45, 2.75) is 27.3 Å². The van der Waals surface area contributed by atoms with Gasteiger partial charge in [0.2, 0.25) is 5.91 Å². The summed E-state index contributed by atoms with van der Waals surface area (Å²) in [4.78, 5) is 16.2. The van der Waals surface area contributed by atoms with E-state index in [1.165, 1.54) is 0 Å². The summed E-state index contributed by atoms with van der Waals surface area (Å²) in [7, 11) is 0. The number of hydrogen-bond acceptors (Lipinski definition) is 3. The van der Waals surface area contributed by atoms with Crippen LogP contribution in [0, 0.1) is 18.8 Å². The van der Waals surface area contributed by atoms with Crippen LogP contribution in [0.1, 0.15) is 25.2 Å². The lowest BCUT2D eigenvalue weighted by Crippen LogP contribution is -2.37. The third-order valence-corrected chi connectivity index (χ3v) is 2.79. The molecule has 0 fully saturated rings. The van der Waals surface area contributed by atoms with Crippen molar-refractivity contribution in [2.75, 3.05) is 6.54 Å². The van der Waals surface area contributed by atoms with Crippen LogP contribution in [0.5, 0.6) is 0 Å². The highest BCUT2D eigenvalue weighted by atomic mass is 16.1. The van der Waals surface area contributed by atoms with E-state index in [0.29, 0.717) is 13.1 Å². The maximum absolute atomic E-state index is 11.9. The van der Waals surface area contributed by atoms with Gasteiger partial charge in [0.1, 0.15) is 0 Å². The molecule has 1 heterocycles. The van der Waals surface area contributed by atoms with Gasteiger partial charge >= 0.3 is 0 Å². The zero-order valence-electron chi connectivity index (χ0n) is 10.7. The van der Waals surface area contributed by atoms with E-state index in [1.54, 1.807) is 0 Å². The Bertz CT molecular complexity index is 377. The number of aromatic nitrogens is 1. The van der Waals surface area contributed by atoms with E-state index >= 15 is 0 Å². The fourth-order valence-corrected chi connectivity index (χ4v) is 1.69. The van der Waals surface area contributed by atoms with Crippen molar-refractivity contribution in [2.24, 2.45) is 17.6 Å². The number of rotatable bonds is 5. The van der Waals surface area contributed by atoms with E-state index in [1.807, 2.05) is 39.0 Å². The van der Waals surface area contributed by atoms with Gasteiger partial charge in [-0.3, -0.25) is 9.78 Å². The van der Waals surface area contributed by atoms with Gasteiger partial charge in [-0.05, 0) is 25.0 Å². The minimum atomic E-state index is -0.125. The lowest BCUT2D eigenvalue weighted by atomic mass is 9.95. The van der Waals surface area contributed by atoms with Crippen LogP contribution in [0.3, 0.4) is 0 Å². The molecule has 3 N–H and O–H groups in total. The van der Waals surface area contributed by atoms with E-state index in [4.69, 9.17) is 5.73 Å². The van der Waals surface area contributed by atoms with E-state index in [2.05, 4.69) is 10.3 Å². The topological polar surface area (TPSA) is 68.0 Å². The van der Waals surface area contributed by atoms with Gasteiger partial charge in [0.25, 0.3) is 0 Å². The summed E-state index contributed by atoms with van der Waals surface area (Å²) in [6.07, 6.45) is 0. The Morgan fingerprint density at radius 3 is 2.71 bits per heavy atom.